The van der Waals surface area contributed by atoms with Crippen molar-refractivity contribution < 1.29 is 19.4 Å². The lowest BCUT2D eigenvalue weighted by Crippen LogP contribution is -2.33. The lowest BCUT2D eigenvalue weighted by Gasteiger charge is -2.24. The molecule has 1 saturated heterocycles. The fraction of sp³-hybridized carbons (Fsp3) is 0.342. The largest absolute Gasteiger partial charge is 0.481 e. The van der Waals surface area contributed by atoms with Gasteiger partial charge in [0.25, 0.3) is 0 Å². The number of likely N-dealkylation sites (tertiary alicyclic amines) is 1. The molecule has 0 radical (unpaired) electrons. The number of nitrogens with zero attached hydrogens (tertiary/aromatic N) is 5. The minimum atomic E-state index is -0.722. The van der Waals surface area contributed by atoms with Gasteiger partial charge in [-0.1, -0.05) is 30.3 Å². The van der Waals surface area contributed by atoms with Crippen LogP contribution in [0.4, 0.5) is 16.3 Å². The Bertz CT molecular complexity index is 2060. The monoisotopic (exact) mass is 676 g/mol. The standard InChI is InChI=1S/C38H40N6O4S/c1-22-27(8-6-10-29(22)35-42-31-20-44(21-32(31)49-35)37(47)48-38(3,4)5)28-9-7-11-30(23(28)2)41-34-33-25(12-14-39-34)16-24(17-40-33)18-43-15-13-26(19-43)36(45)46/h6-12,14,16-17,26H,13,15,18-21H2,1-5H3,(H,39,41)(H,45,46). The second-order valence-corrected chi connectivity index (χ2v) is 15.0. The number of carboxylic acid groups (broad SMARTS) is 1. The van der Waals surface area contributed by atoms with Gasteiger partial charge in [-0.15, -0.1) is 11.3 Å². The number of carboxylic acids is 1. The smallest absolute Gasteiger partial charge is 0.410 e. The summed E-state index contributed by atoms with van der Waals surface area (Å²) < 4.78 is 5.57. The lowest BCUT2D eigenvalue weighted by atomic mass is 9.93. The Kier molecular flexibility index (Phi) is 8.58. The van der Waals surface area contributed by atoms with Crippen molar-refractivity contribution >= 4 is 45.8 Å². The number of benzene rings is 2. The van der Waals surface area contributed by atoms with Crippen molar-refractivity contribution in [2.45, 2.75) is 66.3 Å². The highest BCUT2D eigenvalue weighted by Gasteiger charge is 2.31. The Morgan fingerprint density at radius 2 is 1.78 bits per heavy atom. The fourth-order valence-electron chi connectivity index (χ4n) is 6.68. The molecule has 5 heterocycles. The molecule has 49 heavy (non-hydrogen) atoms. The Morgan fingerprint density at radius 3 is 2.51 bits per heavy atom. The molecule has 0 aliphatic carbocycles. The molecule has 252 valence electrons. The third kappa shape index (κ3) is 6.73. The Balaban J connectivity index is 1.10. The molecule has 0 bridgehead atoms. The SMILES string of the molecule is Cc1c(Nc2nccc3cc(CN4CCC(C(=O)O)C4)cnc23)cccc1-c1cccc(-c2nc3c(s2)CN(C(=O)OC(C)(C)C)C3)c1C. The number of fused-ring (bicyclic) bond motifs is 2. The Hall–Kier alpha value is -4.87. The first-order valence-electron chi connectivity index (χ1n) is 16.6. The zero-order valence-corrected chi connectivity index (χ0v) is 29.2. The van der Waals surface area contributed by atoms with Crippen molar-refractivity contribution in [3.63, 3.8) is 0 Å². The molecule has 1 atom stereocenters. The van der Waals surface area contributed by atoms with E-state index in [0.717, 1.165) is 72.1 Å². The van der Waals surface area contributed by atoms with E-state index in [2.05, 4.69) is 71.5 Å². The summed E-state index contributed by atoms with van der Waals surface area (Å²) in [4.78, 5) is 43.4. The van der Waals surface area contributed by atoms with Crippen LogP contribution in [-0.2, 0) is 29.2 Å². The van der Waals surface area contributed by atoms with Gasteiger partial charge in [0.1, 0.15) is 16.1 Å². The number of rotatable bonds is 7. The highest BCUT2D eigenvalue weighted by atomic mass is 32.1. The summed E-state index contributed by atoms with van der Waals surface area (Å²) in [6, 6.07) is 16.7. The molecule has 1 amide bonds. The van der Waals surface area contributed by atoms with E-state index < -0.39 is 11.6 Å². The molecule has 5 aromatic rings. The van der Waals surface area contributed by atoms with Gasteiger partial charge in [-0.25, -0.2) is 14.8 Å². The molecule has 7 rings (SSSR count). The van der Waals surface area contributed by atoms with Crippen molar-refractivity contribution in [2.75, 3.05) is 18.4 Å². The van der Waals surface area contributed by atoms with Gasteiger partial charge in [0, 0.05) is 47.0 Å². The van der Waals surface area contributed by atoms with E-state index in [0.29, 0.717) is 38.4 Å². The average Bonchev–Trinajstić information content (AvgIpc) is 3.78. The molecule has 11 heteroatoms. The van der Waals surface area contributed by atoms with Gasteiger partial charge in [0.05, 0.1) is 24.7 Å². The van der Waals surface area contributed by atoms with Gasteiger partial charge in [-0.2, -0.15) is 0 Å². The minimum Gasteiger partial charge on any atom is -0.481 e. The first kappa shape index (κ1) is 32.7. The lowest BCUT2D eigenvalue weighted by molar-refractivity contribution is -0.141. The summed E-state index contributed by atoms with van der Waals surface area (Å²) in [6.07, 6.45) is 4.03. The number of amides is 1. The summed E-state index contributed by atoms with van der Waals surface area (Å²) in [5, 5.41) is 14.8. The van der Waals surface area contributed by atoms with Crippen LogP contribution in [0.25, 0.3) is 32.6 Å². The van der Waals surface area contributed by atoms with E-state index in [1.54, 1.807) is 22.4 Å². The van der Waals surface area contributed by atoms with Gasteiger partial charge in [0.2, 0.25) is 0 Å². The zero-order valence-electron chi connectivity index (χ0n) is 28.4. The van der Waals surface area contributed by atoms with Crippen LogP contribution in [0.1, 0.15) is 54.5 Å². The van der Waals surface area contributed by atoms with Gasteiger partial charge in [0.15, 0.2) is 5.82 Å². The van der Waals surface area contributed by atoms with Crippen LogP contribution in [0.3, 0.4) is 0 Å². The van der Waals surface area contributed by atoms with Crippen molar-refractivity contribution in [2.24, 2.45) is 5.92 Å². The van der Waals surface area contributed by atoms with Crippen molar-refractivity contribution in [3.8, 4) is 21.7 Å². The van der Waals surface area contributed by atoms with E-state index in [9.17, 15) is 14.7 Å². The maximum atomic E-state index is 12.6. The maximum absolute atomic E-state index is 12.6. The molecule has 2 N–H and O–H groups in total. The second-order valence-electron chi connectivity index (χ2n) is 13.9. The van der Waals surface area contributed by atoms with E-state index in [1.165, 1.54) is 0 Å². The number of hydrogen-bond acceptors (Lipinski definition) is 9. The molecular formula is C38H40N6O4S. The summed E-state index contributed by atoms with van der Waals surface area (Å²) >= 11 is 1.64. The Labute approximate surface area is 289 Å². The van der Waals surface area contributed by atoms with Crippen LogP contribution >= 0.6 is 11.3 Å². The first-order valence-corrected chi connectivity index (χ1v) is 17.4. The molecule has 2 aromatic carbocycles. The quantitative estimate of drug-likeness (QED) is 0.177. The molecule has 2 aliphatic heterocycles. The van der Waals surface area contributed by atoms with Crippen LogP contribution < -0.4 is 5.32 Å². The topological polar surface area (TPSA) is 121 Å². The normalized spacial score (nSPS) is 16.3. The number of carbonyl (C=O) groups is 2. The predicted octanol–water partition coefficient (Wildman–Crippen LogP) is 7.94. The molecule has 0 spiro atoms. The number of ether oxygens (including phenoxy) is 1. The highest BCUT2D eigenvalue weighted by molar-refractivity contribution is 7.15. The van der Waals surface area contributed by atoms with Crippen molar-refractivity contribution in [3.05, 3.63) is 88.2 Å². The van der Waals surface area contributed by atoms with Crippen LogP contribution in [0.2, 0.25) is 0 Å². The van der Waals surface area contributed by atoms with Gasteiger partial charge >= 0.3 is 12.1 Å². The van der Waals surface area contributed by atoms with E-state index in [4.69, 9.17) is 14.7 Å². The highest BCUT2D eigenvalue weighted by Crippen LogP contribution is 2.40. The molecule has 1 unspecified atom stereocenters. The molecule has 1 fully saturated rings. The molecular weight excluding hydrogens is 637 g/mol. The van der Waals surface area contributed by atoms with Gasteiger partial charge in [-0.3, -0.25) is 19.6 Å². The van der Waals surface area contributed by atoms with Crippen molar-refractivity contribution in [1.82, 2.24) is 24.8 Å². The number of hydrogen-bond donors (Lipinski definition) is 2. The summed E-state index contributed by atoms with van der Waals surface area (Å²) in [5.74, 6) is -0.342. The van der Waals surface area contributed by atoms with Crippen LogP contribution in [-0.4, -0.2) is 60.6 Å². The molecule has 0 saturated carbocycles. The summed E-state index contributed by atoms with van der Waals surface area (Å²) in [5.41, 5.74) is 8.74. The van der Waals surface area contributed by atoms with E-state index in [-0.39, 0.29) is 12.0 Å². The summed E-state index contributed by atoms with van der Waals surface area (Å²) in [7, 11) is 0. The average molecular weight is 677 g/mol. The number of carbonyl (C=O) groups excluding carboxylic acids is 1. The van der Waals surface area contributed by atoms with Crippen LogP contribution in [0, 0.1) is 19.8 Å². The zero-order chi connectivity index (χ0) is 34.4. The number of aliphatic carboxylic acids is 1. The van der Waals surface area contributed by atoms with Gasteiger partial charge in [-0.05, 0) is 93.6 Å². The van der Waals surface area contributed by atoms with E-state index >= 15 is 0 Å². The fourth-order valence-corrected chi connectivity index (χ4v) is 7.85. The minimum absolute atomic E-state index is 0.300. The maximum Gasteiger partial charge on any atom is 0.410 e. The third-order valence-electron chi connectivity index (χ3n) is 9.23. The van der Waals surface area contributed by atoms with E-state index in [1.807, 2.05) is 33.0 Å². The molecule has 2 aliphatic rings. The molecule has 10 nitrogen and oxygen atoms in total. The third-order valence-corrected chi connectivity index (χ3v) is 10.3. The number of aromatic nitrogens is 3. The van der Waals surface area contributed by atoms with Crippen molar-refractivity contribution in [1.29, 1.82) is 0 Å². The molecule has 3 aromatic heterocycles. The first-order chi connectivity index (χ1) is 23.4. The van der Waals surface area contributed by atoms with Crippen LogP contribution in [0.15, 0.2) is 60.9 Å². The second kappa shape index (κ2) is 12.9. The van der Waals surface area contributed by atoms with Crippen LogP contribution in [0.5, 0.6) is 0 Å². The van der Waals surface area contributed by atoms with Gasteiger partial charge < -0.3 is 15.2 Å². The predicted molar refractivity (Wildman–Crippen MR) is 192 cm³/mol. The number of thiazole rings is 1. The number of anilines is 2. The Morgan fingerprint density at radius 1 is 1.02 bits per heavy atom. The number of nitrogens with one attached hydrogen (secondary N) is 1. The summed E-state index contributed by atoms with van der Waals surface area (Å²) in [6.45, 7) is 12.9. The number of pyridine rings is 2.